The molecule has 0 aromatic carbocycles. The second kappa shape index (κ2) is 14.0. The molecule has 1 heterocycles. The largest absolute Gasteiger partial charge is 0.481 e. The van der Waals surface area contributed by atoms with E-state index in [9.17, 15) is 28.8 Å². The number of carbonyl (C=O) groups is 6. The number of nitrogens with two attached hydrogens (primary N) is 3. The van der Waals surface area contributed by atoms with Crippen molar-refractivity contribution in [2.75, 3.05) is 13.1 Å². The molecule has 4 atom stereocenters. The van der Waals surface area contributed by atoms with Crippen LogP contribution in [0.15, 0.2) is 0 Å². The van der Waals surface area contributed by atoms with Crippen molar-refractivity contribution in [2.45, 2.75) is 69.1 Å². The van der Waals surface area contributed by atoms with E-state index in [1.54, 1.807) is 0 Å². The molecule has 14 nitrogen and oxygen atoms in total. The molecule has 1 fully saturated rings. The van der Waals surface area contributed by atoms with Gasteiger partial charge in [-0.25, -0.2) is 0 Å². The van der Waals surface area contributed by atoms with Crippen LogP contribution in [0.25, 0.3) is 0 Å². The van der Waals surface area contributed by atoms with E-state index >= 15 is 0 Å². The van der Waals surface area contributed by atoms with E-state index in [1.165, 1.54) is 0 Å². The Labute approximate surface area is 190 Å². The fraction of sp³-hybridized carbons (Fsp3) is 0.684. The van der Waals surface area contributed by atoms with Gasteiger partial charge in [-0.2, -0.15) is 0 Å². The van der Waals surface area contributed by atoms with E-state index in [-0.39, 0.29) is 6.42 Å². The van der Waals surface area contributed by atoms with Gasteiger partial charge in [-0.15, -0.1) is 0 Å². The van der Waals surface area contributed by atoms with Crippen LogP contribution >= 0.6 is 0 Å². The summed E-state index contributed by atoms with van der Waals surface area (Å²) in [6.45, 7) is 0.998. The fourth-order valence-corrected chi connectivity index (χ4v) is 3.30. The zero-order chi connectivity index (χ0) is 25.0. The number of carboxylic acids is 1. The van der Waals surface area contributed by atoms with Crippen molar-refractivity contribution in [2.24, 2.45) is 17.2 Å². The van der Waals surface area contributed by atoms with Crippen LogP contribution in [0.1, 0.15) is 44.9 Å². The van der Waals surface area contributed by atoms with Gasteiger partial charge in [-0.3, -0.25) is 28.8 Å². The van der Waals surface area contributed by atoms with Crippen molar-refractivity contribution < 1.29 is 33.9 Å². The average molecular weight is 472 g/mol. The molecule has 0 unspecified atom stereocenters. The molecule has 186 valence electrons. The van der Waals surface area contributed by atoms with E-state index < -0.39 is 72.5 Å². The van der Waals surface area contributed by atoms with E-state index in [4.69, 9.17) is 22.3 Å². The molecule has 33 heavy (non-hydrogen) atoms. The standard InChI is InChI=1S/C19H33N7O7/c20-6-2-1-4-10(16(22)30)24-19(33)13(9-15(28)29)26-18(32)12(8-14(21)27)25-17(31)11-5-3-7-23-11/h10-13,23H,1-9,20H2,(H2,21,27)(H2,22,30)(H,24,33)(H,25,31)(H,26,32)(H,28,29)/t10-,11-,12-,13-/m0/s1. The Morgan fingerprint density at radius 2 is 1.52 bits per heavy atom. The second-order valence-corrected chi connectivity index (χ2v) is 7.79. The number of hydrogen-bond acceptors (Lipinski definition) is 8. The first-order valence-corrected chi connectivity index (χ1v) is 10.7. The van der Waals surface area contributed by atoms with Gasteiger partial charge in [0, 0.05) is 0 Å². The van der Waals surface area contributed by atoms with E-state index in [2.05, 4.69) is 21.3 Å². The molecule has 0 aromatic heterocycles. The van der Waals surface area contributed by atoms with Crippen molar-refractivity contribution in [1.29, 1.82) is 0 Å². The molecule has 1 rings (SSSR count). The van der Waals surface area contributed by atoms with Crippen LogP contribution in [0.2, 0.25) is 0 Å². The van der Waals surface area contributed by atoms with Crippen LogP contribution in [0, 0.1) is 0 Å². The van der Waals surface area contributed by atoms with Gasteiger partial charge in [0.15, 0.2) is 0 Å². The first-order valence-electron chi connectivity index (χ1n) is 10.7. The molecular weight excluding hydrogens is 438 g/mol. The van der Waals surface area contributed by atoms with Crippen LogP contribution in [-0.4, -0.2) is 77.9 Å². The van der Waals surface area contributed by atoms with Crippen LogP contribution in [0.3, 0.4) is 0 Å². The maximum absolute atomic E-state index is 12.7. The molecule has 0 saturated carbocycles. The number of primary amides is 2. The molecule has 0 radical (unpaired) electrons. The Bertz CT molecular complexity index is 740. The topological polar surface area (TPSA) is 249 Å². The minimum atomic E-state index is -1.59. The predicted octanol–water partition coefficient (Wildman–Crippen LogP) is -3.84. The molecule has 14 heteroatoms. The lowest BCUT2D eigenvalue weighted by atomic mass is 10.1. The molecule has 1 aliphatic heterocycles. The summed E-state index contributed by atoms with van der Waals surface area (Å²) in [5, 5.41) is 19.0. The summed E-state index contributed by atoms with van der Waals surface area (Å²) in [6, 6.07) is -4.65. The van der Waals surface area contributed by atoms with E-state index in [0.717, 1.165) is 6.42 Å². The van der Waals surface area contributed by atoms with Crippen molar-refractivity contribution in [3.8, 4) is 0 Å². The quantitative estimate of drug-likeness (QED) is 0.109. The normalized spacial score (nSPS) is 17.9. The highest BCUT2D eigenvalue weighted by Crippen LogP contribution is 2.07. The van der Waals surface area contributed by atoms with Gasteiger partial charge in [-0.05, 0) is 45.2 Å². The summed E-state index contributed by atoms with van der Waals surface area (Å²) in [4.78, 5) is 72.0. The first-order chi connectivity index (χ1) is 15.5. The SMILES string of the molecule is NCCCC[C@H](NC(=O)[C@H](CC(=O)O)NC(=O)[C@H](CC(N)=O)NC(=O)[C@@H]1CCCN1)C(N)=O. The predicted molar refractivity (Wildman–Crippen MR) is 115 cm³/mol. The number of hydrogen-bond donors (Lipinski definition) is 8. The minimum Gasteiger partial charge on any atom is -0.481 e. The summed E-state index contributed by atoms with van der Waals surface area (Å²) in [5.74, 6) is -5.57. The van der Waals surface area contributed by atoms with Crippen molar-refractivity contribution in [1.82, 2.24) is 21.3 Å². The zero-order valence-corrected chi connectivity index (χ0v) is 18.3. The number of nitrogens with one attached hydrogen (secondary N) is 4. The summed E-state index contributed by atoms with van der Waals surface area (Å²) in [7, 11) is 0. The highest BCUT2D eigenvalue weighted by atomic mass is 16.4. The number of rotatable bonds is 15. The molecule has 1 aliphatic rings. The van der Waals surface area contributed by atoms with Gasteiger partial charge >= 0.3 is 5.97 Å². The summed E-state index contributed by atoms with van der Waals surface area (Å²) in [6.07, 6.45) is 1.18. The van der Waals surface area contributed by atoms with Crippen LogP contribution < -0.4 is 38.5 Å². The first kappa shape index (κ1) is 27.8. The van der Waals surface area contributed by atoms with Crippen LogP contribution in [0.4, 0.5) is 0 Å². The maximum atomic E-state index is 12.7. The minimum absolute atomic E-state index is 0.181. The Balaban J connectivity index is 2.90. The smallest absolute Gasteiger partial charge is 0.305 e. The van der Waals surface area contributed by atoms with Gasteiger partial charge in [0.05, 0.1) is 18.9 Å². The number of unbranched alkanes of at least 4 members (excludes halogenated alkanes) is 1. The molecule has 0 aliphatic carbocycles. The molecule has 0 spiro atoms. The Kier molecular flexibility index (Phi) is 11.8. The number of aliphatic carboxylic acids is 1. The number of carboxylic acid groups (broad SMARTS) is 1. The Morgan fingerprint density at radius 3 is 2.00 bits per heavy atom. The van der Waals surface area contributed by atoms with Crippen molar-refractivity contribution in [3.05, 3.63) is 0 Å². The molecule has 5 amide bonds. The van der Waals surface area contributed by atoms with Crippen molar-refractivity contribution in [3.63, 3.8) is 0 Å². The molecule has 0 aromatic rings. The lowest BCUT2D eigenvalue weighted by molar-refractivity contribution is -0.141. The van der Waals surface area contributed by atoms with E-state index in [1.807, 2.05) is 0 Å². The second-order valence-electron chi connectivity index (χ2n) is 7.79. The number of amides is 5. The Hall–Kier alpha value is -3.26. The summed E-state index contributed by atoms with van der Waals surface area (Å²) < 4.78 is 0. The Morgan fingerprint density at radius 1 is 0.909 bits per heavy atom. The van der Waals surface area contributed by atoms with Crippen LogP contribution in [-0.2, 0) is 28.8 Å². The van der Waals surface area contributed by atoms with Crippen LogP contribution in [0.5, 0.6) is 0 Å². The highest BCUT2D eigenvalue weighted by molar-refractivity contribution is 5.97. The number of carbonyl (C=O) groups excluding carboxylic acids is 5. The zero-order valence-electron chi connectivity index (χ0n) is 18.3. The summed E-state index contributed by atoms with van der Waals surface area (Å²) >= 11 is 0. The fourth-order valence-electron chi connectivity index (χ4n) is 3.30. The van der Waals surface area contributed by atoms with Gasteiger partial charge in [0.25, 0.3) is 0 Å². The van der Waals surface area contributed by atoms with Gasteiger partial charge in [0.2, 0.25) is 29.5 Å². The van der Waals surface area contributed by atoms with Crippen molar-refractivity contribution >= 4 is 35.5 Å². The van der Waals surface area contributed by atoms with Gasteiger partial charge < -0.3 is 43.6 Å². The maximum Gasteiger partial charge on any atom is 0.305 e. The third-order valence-corrected chi connectivity index (χ3v) is 5.03. The molecule has 11 N–H and O–H groups in total. The van der Waals surface area contributed by atoms with Gasteiger partial charge in [-0.1, -0.05) is 0 Å². The lowest BCUT2D eigenvalue weighted by Gasteiger charge is -2.24. The monoisotopic (exact) mass is 471 g/mol. The summed E-state index contributed by atoms with van der Waals surface area (Å²) in [5.41, 5.74) is 15.9. The molecule has 0 bridgehead atoms. The van der Waals surface area contributed by atoms with Gasteiger partial charge in [0.1, 0.15) is 18.1 Å². The lowest BCUT2D eigenvalue weighted by Crippen LogP contribution is -2.58. The third-order valence-electron chi connectivity index (χ3n) is 5.03. The molecular formula is C19H33N7O7. The van der Waals surface area contributed by atoms with E-state index in [0.29, 0.717) is 32.4 Å². The average Bonchev–Trinajstić information content (AvgIpc) is 3.26. The highest BCUT2D eigenvalue weighted by Gasteiger charge is 2.32. The molecule has 1 saturated heterocycles. The third kappa shape index (κ3) is 10.3.